The van der Waals surface area contributed by atoms with Crippen molar-refractivity contribution in [2.45, 2.75) is 18.2 Å². The molecule has 4 heteroatoms. The van der Waals surface area contributed by atoms with E-state index in [-0.39, 0.29) is 37.9 Å². The van der Waals surface area contributed by atoms with Crippen LogP contribution in [0.25, 0.3) is 0 Å². The number of ether oxygens (including phenoxy) is 1. The maximum atomic E-state index is 12.4. The fourth-order valence-corrected chi connectivity index (χ4v) is 4.17. The zero-order valence-electron chi connectivity index (χ0n) is 12.4. The van der Waals surface area contributed by atoms with E-state index in [1.807, 2.05) is 48.5 Å². The van der Waals surface area contributed by atoms with Gasteiger partial charge in [0.1, 0.15) is 0 Å². The van der Waals surface area contributed by atoms with Crippen LogP contribution in [0.1, 0.15) is 23.7 Å². The molecule has 1 unspecified atom stereocenters. The first-order chi connectivity index (χ1) is 10.7. The van der Waals surface area contributed by atoms with E-state index in [1.165, 1.54) is 0 Å². The fourth-order valence-electron chi connectivity index (χ4n) is 1.98. The van der Waals surface area contributed by atoms with Crippen LogP contribution in [0.5, 0.6) is 0 Å². The fraction of sp³-hybridized carbons (Fsp3) is 0.222. The van der Waals surface area contributed by atoms with E-state index in [1.54, 1.807) is 19.1 Å². The minimum absolute atomic E-state index is 0.0172. The van der Waals surface area contributed by atoms with Gasteiger partial charge >= 0.3 is 136 Å². The van der Waals surface area contributed by atoms with E-state index in [9.17, 15) is 9.59 Å². The predicted molar refractivity (Wildman–Crippen MR) is 87.6 cm³/mol. The third-order valence-corrected chi connectivity index (χ3v) is 5.53. The summed E-state index contributed by atoms with van der Waals surface area (Å²) in [5.41, 5.74) is 0.640. The van der Waals surface area contributed by atoms with Gasteiger partial charge in [0.25, 0.3) is 0 Å². The molecule has 0 amide bonds. The first-order valence-corrected chi connectivity index (χ1v) is 9.02. The Hall–Kier alpha value is -1.90. The molecule has 0 aromatic heterocycles. The minimum atomic E-state index is -0.387. The van der Waals surface area contributed by atoms with Gasteiger partial charge < -0.3 is 0 Å². The molecule has 0 radical (unpaired) electrons. The van der Waals surface area contributed by atoms with Crippen LogP contribution in [0.4, 0.5) is 0 Å². The van der Waals surface area contributed by atoms with Crippen LogP contribution >= 0.6 is 0 Å². The van der Waals surface area contributed by atoms with Crippen LogP contribution in [-0.2, 0) is 9.53 Å². The van der Waals surface area contributed by atoms with E-state index >= 15 is 0 Å². The second-order valence-corrected chi connectivity index (χ2v) is 7.34. The number of benzene rings is 2. The Kier molecular flexibility index (Phi) is 6.38. The quantitative estimate of drug-likeness (QED) is 0.433. The number of rotatable bonds is 7. The van der Waals surface area contributed by atoms with Crippen LogP contribution in [0.3, 0.4) is 0 Å². The molecule has 0 saturated carbocycles. The van der Waals surface area contributed by atoms with Crippen molar-refractivity contribution in [2.75, 3.05) is 6.61 Å². The molecule has 0 saturated heterocycles. The predicted octanol–water partition coefficient (Wildman–Crippen LogP) is 2.64. The number of esters is 1. The third-order valence-electron chi connectivity index (χ3n) is 3.04. The Bertz CT molecular complexity index is 611. The average molecular weight is 361 g/mol. The summed E-state index contributed by atoms with van der Waals surface area (Å²) in [4.78, 5) is 24.1. The first-order valence-electron chi connectivity index (χ1n) is 7.17. The van der Waals surface area contributed by atoms with Gasteiger partial charge in [-0.2, -0.15) is 0 Å². The Labute approximate surface area is 136 Å². The Morgan fingerprint density at radius 3 is 2.18 bits per heavy atom. The first kappa shape index (κ1) is 16.5. The standard InChI is InChI=1S/C18H18O3Se/c1-2-21-18(20)17(22-15-11-7-4-8-12-15)13-16(19)14-9-5-3-6-10-14/h3-12,17H,2,13H2,1H3. The third kappa shape index (κ3) is 4.83. The van der Waals surface area contributed by atoms with E-state index in [0.717, 1.165) is 4.46 Å². The Morgan fingerprint density at radius 1 is 1.00 bits per heavy atom. The molecule has 0 N–H and O–H groups in total. The Balaban J connectivity index is 2.11. The van der Waals surface area contributed by atoms with Crippen LogP contribution in [0.2, 0.25) is 4.82 Å². The molecule has 0 aliphatic rings. The molecular weight excluding hydrogens is 343 g/mol. The van der Waals surface area contributed by atoms with Gasteiger partial charge in [-0.05, 0) is 0 Å². The molecule has 0 aliphatic carbocycles. The van der Waals surface area contributed by atoms with Crippen LogP contribution in [-0.4, -0.2) is 33.3 Å². The molecule has 2 aromatic rings. The molecule has 0 fully saturated rings. The summed E-state index contributed by atoms with van der Waals surface area (Å²) in [6.07, 6.45) is 0.192. The van der Waals surface area contributed by atoms with Crippen molar-refractivity contribution >= 4 is 31.2 Å². The van der Waals surface area contributed by atoms with E-state index in [0.29, 0.717) is 12.2 Å². The van der Waals surface area contributed by atoms with Gasteiger partial charge in [-0.15, -0.1) is 0 Å². The van der Waals surface area contributed by atoms with Crippen LogP contribution < -0.4 is 4.46 Å². The summed E-state index contributed by atoms with van der Waals surface area (Å²) < 4.78 is 6.23. The molecule has 1 atom stereocenters. The molecule has 0 bridgehead atoms. The van der Waals surface area contributed by atoms with E-state index < -0.39 is 0 Å². The number of Topliss-reactive ketones (excluding diaryl/α,β-unsaturated/α-hetero) is 1. The van der Waals surface area contributed by atoms with Crippen molar-refractivity contribution < 1.29 is 14.3 Å². The number of hydrogen-bond acceptors (Lipinski definition) is 3. The number of carbonyl (C=O) groups excluding carboxylic acids is 2. The summed E-state index contributed by atoms with van der Waals surface area (Å²) in [6.45, 7) is 2.11. The topological polar surface area (TPSA) is 43.4 Å². The SMILES string of the molecule is CCOC(=O)C(CC(=O)c1ccccc1)[Se]c1ccccc1. The molecule has 2 rings (SSSR count). The maximum absolute atomic E-state index is 12.4. The van der Waals surface area contributed by atoms with Gasteiger partial charge in [-0.1, -0.05) is 0 Å². The summed E-state index contributed by atoms with van der Waals surface area (Å²) in [5, 5.41) is 0. The molecule has 0 spiro atoms. The van der Waals surface area contributed by atoms with Gasteiger partial charge in [0, 0.05) is 0 Å². The van der Waals surface area contributed by atoms with Gasteiger partial charge in [0.15, 0.2) is 0 Å². The monoisotopic (exact) mass is 362 g/mol. The molecular formula is C18H18O3Se. The van der Waals surface area contributed by atoms with Gasteiger partial charge in [0.2, 0.25) is 0 Å². The number of hydrogen-bond donors (Lipinski definition) is 0. The molecule has 22 heavy (non-hydrogen) atoms. The zero-order valence-corrected chi connectivity index (χ0v) is 14.1. The Morgan fingerprint density at radius 2 is 1.59 bits per heavy atom. The van der Waals surface area contributed by atoms with Crippen molar-refractivity contribution in [3.63, 3.8) is 0 Å². The molecule has 114 valence electrons. The van der Waals surface area contributed by atoms with Crippen molar-refractivity contribution in [2.24, 2.45) is 0 Å². The number of ketones is 1. The second-order valence-electron chi connectivity index (χ2n) is 4.66. The summed E-state index contributed by atoms with van der Waals surface area (Å²) in [5.74, 6) is -0.299. The molecule has 3 nitrogen and oxygen atoms in total. The molecule has 0 aliphatic heterocycles. The van der Waals surface area contributed by atoms with Crippen molar-refractivity contribution in [1.29, 1.82) is 0 Å². The van der Waals surface area contributed by atoms with Crippen molar-refractivity contribution in [1.82, 2.24) is 0 Å². The zero-order chi connectivity index (χ0) is 15.8. The summed E-state index contributed by atoms with van der Waals surface area (Å²) in [7, 11) is 0. The van der Waals surface area contributed by atoms with Gasteiger partial charge in [0.05, 0.1) is 0 Å². The van der Waals surface area contributed by atoms with Crippen molar-refractivity contribution in [3.05, 3.63) is 66.2 Å². The van der Waals surface area contributed by atoms with Gasteiger partial charge in [-0.25, -0.2) is 0 Å². The van der Waals surface area contributed by atoms with Crippen LogP contribution in [0.15, 0.2) is 60.7 Å². The molecule has 0 heterocycles. The second kappa shape index (κ2) is 8.52. The van der Waals surface area contributed by atoms with Crippen molar-refractivity contribution in [3.8, 4) is 0 Å². The summed E-state index contributed by atoms with van der Waals surface area (Å²) >= 11 is -0.127. The summed E-state index contributed by atoms with van der Waals surface area (Å²) in [6, 6.07) is 18.9. The average Bonchev–Trinajstić information content (AvgIpc) is 2.56. The normalized spacial score (nSPS) is 11.7. The molecule has 2 aromatic carbocycles. The van der Waals surface area contributed by atoms with E-state index in [2.05, 4.69) is 0 Å². The van der Waals surface area contributed by atoms with Crippen LogP contribution in [0, 0.1) is 0 Å². The van der Waals surface area contributed by atoms with E-state index in [4.69, 9.17) is 4.74 Å². The number of carbonyl (C=O) groups is 2. The van der Waals surface area contributed by atoms with Gasteiger partial charge in [-0.3, -0.25) is 0 Å².